The molecule has 0 saturated carbocycles. The van der Waals surface area contributed by atoms with Gasteiger partial charge in [-0.25, -0.2) is 4.98 Å². The fourth-order valence-electron chi connectivity index (χ4n) is 3.55. The van der Waals surface area contributed by atoms with E-state index in [1.54, 1.807) is 10.9 Å². The van der Waals surface area contributed by atoms with Crippen molar-refractivity contribution in [3.05, 3.63) is 54.6 Å². The topological polar surface area (TPSA) is 76.8 Å². The largest absolute Gasteiger partial charge is 0.334 e. The molecule has 9 heteroatoms. The van der Waals surface area contributed by atoms with Gasteiger partial charge in [-0.1, -0.05) is 12.1 Å². The molecule has 2 aromatic heterocycles. The zero-order valence-corrected chi connectivity index (χ0v) is 17.3. The average molecular weight is 423 g/mol. The van der Waals surface area contributed by atoms with Crippen molar-refractivity contribution in [2.75, 3.05) is 18.4 Å². The summed E-state index contributed by atoms with van der Waals surface area (Å²) < 4.78 is 3.74. The molecule has 4 rings (SSSR count). The van der Waals surface area contributed by atoms with Crippen molar-refractivity contribution in [1.29, 1.82) is 0 Å². The minimum atomic E-state index is -0.115. The fraction of sp³-hybridized carbons (Fsp3) is 0.316. The van der Waals surface area contributed by atoms with Gasteiger partial charge in [0, 0.05) is 62.9 Å². The highest BCUT2D eigenvalue weighted by Crippen LogP contribution is 2.29. The minimum Gasteiger partial charge on any atom is -0.334 e. The molecule has 7 nitrogen and oxygen atoms in total. The Hall–Kier alpha value is -2.35. The summed E-state index contributed by atoms with van der Waals surface area (Å²) in [7, 11) is 3.85. The quantitative estimate of drug-likeness (QED) is 0.677. The highest BCUT2D eigenvalue weighted by Gasteiger charge is 2.34. The van der Waals surface area contributed by atoms with Crippen LogP contribution in [-0.4, -0.2) is 38.3 Å². The minimum absolute atomic E-state index is 0. The second-order valence-corrected chi connectivity index (χ2v) is 6.75. The predicted octanol–water partition coefficient (Wildman–Crippen LogP) is 2.61. The van der Waals surface area contributed by atoms with Crippen LogP contribution in [0.2, 0.25) is 0 Å². The van der Waals surface area contributed by atoms with Gasteiger partial charge in [0.2, 0.25) is 5.91 Å². The molecule has 0 unspecified atom stereocenters. The van der Waals surface area contributed by atoms with E-state index >= 15 is 0 Å². The molecule has 2 N–H and O–H groups in total. The van der Waals surface area contributed by atoms with Crippen molar-refractivity contribution in [3.63, 3.8) is 0 Å². The van der Waals surface area contributed by atoms with E-state index in [1.807, 2.05) is 61.5 Å². The third-order valence-corrected chi connectivity index (χ3v) is 4.91. The van der Waals surface area contributed by atoms with Gasteiger partial charge in [0.15, 0.2) is 0 Å². The number of rotatable bonds is 4. The van der Waals surface area contributed by atoms with Gasteiger partial charge in [0.25, 0.3) is 0 Å². The molecule has 1 aliphatic heterocycles. The highest BCUT2D eigenvalue weighted by molar-refractivity contribution is 5.94. The first kappa shape index (κ1) is 21.9. The van der Waals surface area contributed by atoms with Gasteiger partial charge in [-0.05, 0) is 17.7 Å². The molecular weight excluding hydrogens is 399 g/mol. The van der Waals surface area contributed by atoms with Crippen LogP contribution in [0, 0.1) is 5.92 Å². The number of aromatic nitrogens is 4. The van der Waals surface area contributed by atoms with Crippen molar-refractivity contribution < 1.29 is 4.79 Å². The van der Waals surface area contributed by atoms with Crippen molar-refractivity contribution >= 4 is 36.4 Å². The van der Waals surface area contributed by atoms with Crippen molar-refractivity contribution in [3.8, 4) is 11.4 Å². The Morgan fingerprint density at radius 1 is 1.25 bits per heavy atom. The van der Waals surface area contributed by atoms with Crippen molar-refractivity contribution in [1.82, 2.24) is 24.6 Å². The number of nitrogens with one attached hydrogen (secondary N) is 2. The van der Waals surface area contributed by atoms with Crippen LogP contribution in [0.4, 0.5) is 5.69 Å². The summed E-state index contributed by atoms with van der Waals surface area (Å²) in [6.07, 6.45) is 7.51. The summed E-state index contributed by atoms with van der Waals surface area (Å²) in [6.45, 7) is 1.46. The first-order chi connectivity index (χ1) is 12.6. The fourth-order valence-corrected chi connectivity index (χ4v) is 3.55. The molecule has 1 fully saturated rings. The van der Waals surface area contributed by atoms with E-state index < -0.39 is 0 Å². The van der Waals surface area contributed by atoms with Crippen LogP contribution < -0.4 is 10.6 Å². The lowest BCUT2D eigenvalue weighted by Crippen LogP contribution is -2.28. The Balaban J connectivity index is 0.00000140. The molecule has 0 radical (unpaired) electrons. The summed E-state index contributed by atoms with van der Waals surface area (Å²) in [5.74, 6) is 0.926. The van der Waals surface area contributed by atoms with Gasteiger partial charge >= 0.3 is 0 Å². The second kappa shape index (κ2) is 9.23. The van der Waals surface area contributed by atoms with Crippen molar-refractivity contribution in [2.24, 2.45) is 20.0 Å². The summed E-state index contributed by atoms with van der Waals surface area (Å²) in [6, 6.07) is 7.80. The number of carbonyl (C=O) groups excluding carboxylic acids is 1. The number of nitrogens with zero attached hydrogens (tertiary/aromatic N) is 4. The van der Waals surface area contributed by atoms with E-state index in [9.17, 15) is 4.79 Å². The number of halogens is 2. The van der Waals surface area contributed by atoms with Crippen LogP contribution >= 0.6 is 24.8 Å². The number of hydrogen-bond donors (Lipinski definition) is 2. The van der Waals surface area contributed by atoms with E-state index in [4.69, 9.17) is 0 Å². The predicted molar refractivity (Wildman–Crippen MR) is 114 cm³/mol. The van der Waals surface area contributed by atoms with E-state index in [0.29, 0.717) is 6.54 Å². The molecule has 0 spiro atoms. The number of hydrogen-bond acceptors (Lipinski definition) is 4. The maximum atomic E-state index is 12.9. The lowest BCUT2D eigenvalue weighted by Gasteiger charge is -2.17. The molecule has 3 heterocycles. The number of anilines is 1. The third kappa shape index (κ3) is 4.38. The maximum absolute atomic E-state index is 12.9. The summed E-state index contributed by atoms with van der Waals surface area (Å²) in [5, 5.41) is 10.6. The van der Waals surface area contributed by atoms with E-state index in [0.717, 1.165) is 29.2 Å². The zero-order chi connectivity index (χ0) is 18.1. The van der Waals surface area contributed by atoms with Crippen LogP contribution in [0.5, 0.6) is 0 Å². The van der Waals surface area contributed by atoms with Crippen LogP contribution in [0.1, 0.15) is 11.5 Å². The van der Waals surface area contributed by atoms with Gasteiger partial charge in [0.05, 0.1) is 12.1 Å². The third-order valence-electron chi connectivity index (χ3n) is 4.91. The lowest BCUT2D eigenvalue weighted by molar-refractivity contribution is -0.119. The molecular formula is C19H24Cl2N6O. The van der Waals surface area contributed by atoms with E-state index in [1.165, 1.54) is 0 Å². The summed E-state index contributed by atoms with van der Waals surface area (Å²) >= 11 is 0. The first-order valence-electron chi connectivity index (χ1n) is 8.69. The molecule has 150 valence electrons. The Morgan fingerprint density at radius 3 is 2.75 bits per heavy atom. The summed E-state index contributed by atoms with van der Waals surface area (Å²) in [5.41, 5.74) is 2.86. The molecule has 1 aromatic carbocycles. The normalized spacial score (nSPS) is 18.2. The first-order valence-corrected chi connectivity index (χ1v) is 8.69. The second-order valence-electron chi connectivity index (χ2n) is 6.75. The number of benzene rings is 1. The Morgan fingerprint density at radius 2 is 2.07 bits per heavy atom. The van der Waals surface area contributed by atoms with Crippen molar-refractivity contribution in [2.45, 2.75) is 5.92 Å². The molecule has 1 aliphatic rings. The van der Waals surface area contributed by atoms with Gasteiger partial charge < -0.3 is 15.2 Å². The molecule has 2 atom stereocenters. The molecule has 3 aromatic rings. The number of aryl methyl sites for hydroxylation is 2. The van der Waals surface area contributed by atoms with Crippen LogP contribution in [0.15, 0.2) is 49.1 Å². The number of imidazole rings is 1. The monoisotopic (exact) mass is 422 g/mol. The maximum Gasteiger partial charge on any atom is 0.229 e. The Labute approximate surface area is 176 Å². The number of amides is 1. The molecule has 1 amide bonds. The highest BCUT2D eigenvalue weighted by atomic mass is 35.5. The van der Waals surface area contributed by atoms with Crippen LogP contribution in [0.3, 0.4) is 0 Å². The van der Waals surface area contributed by atoms with Gasteiger partial charge in [-0.15, -0.1) is 24.8 Å². The van der Waals surface area contributed by atoms with Crippen LogP contribution in [-0.2, 0) is 18.9 Å². The Bertz CT molecular complexity index is 938. The zero-order valence-electron chi connectivity index (χ0n) is 15.7. The molecule has 1 saturated heterocycles. The van der Waals surface area contributed by atoms with Gasteiger partial charge in [-0.3, -0.25) is 9.48 Å². The average Bonchev–Trinajstić information content (AvgIpc) is 3.35. The number of carbonyl (C=O) groups is 1. The standard InChI is InChI=1S/C19H22N6O.2ClH/c1-24-7-6-21-18(24)13-4-3-5-15(8-13)23-19(26)17-11-20-10-16(17)14-9-22-25(2)12-14;;/h3-9,12,16-17,20H,10-11H2,1-2H3,(H,23,26);2*1H/t16-,17+;;/m1../s1. The molecule has 28 heavy (non-hydrogen) atoms. The Kier molecular flexibility index (Phi) is 7.23. The van der Waals surface area contributed by atoms with Gasteiger partial charge in [-0.2, -0.15) is 5.10 Å². The SMILES string of the molecule is Cl.Cl.Cn1cc([C@H]2CNC[C@@H]2C(=O)Nc2cccc(-c3nccn3C)c2)cn1. The van der Waals surface area contributed by atoms with Crippen LogP contribution in [0.25, 0.3) is 11.4 Å². The summed E-state index contributed by atoms with van der Waals surface area (Å²) in [4.78, 5) is 17.2. The van der Waals surface area contributed by atoms with Gasteiger partial charge in [0.1, 0.15) is 5.82 Å². The lowest BCUT2D eigenvalue weighted by atomic mass is 9.90. The smallest absolute Gasteiger partial charge is 0.229 e. The van der Waals surface area contributed by atoms with E-state index in [-0.39, 0.29) is 42.6 Å². The molecule has 0 aliphatic carbocycles. The molecule has 0 bridgehead atoms. The van der Waals surface area contributed by atoms with E-state index in [2.05, 4.69) is 20.7 Å².